The van der Waals surface area contributed by atoms with E-state index in [4.69, 9.17) is 14.2 Å². The number of unbranched alkanes of at least 4 members (excludes halogenated alkanes) is 24. The Bertz CT molecular complexity index is 1470. The lowest BCUT2D eigenvalue weighted by molar-refractivity contribution is -0.167. The highest BCUT2D eigenvalue weighted by Crippen LogP contribution is 2.15. The fourth-order valence-electron chi connectivity index (χ4n) is 8.05. The van der Waals surface area contributed by atoms with Crippen molar-refractivity contribution in [3.05, 3.63) is 109 Å². The molecule has 0 aromatic carbocycles. The van der Waals surface area contributed by atoms with Crippen molar-refractivity contribution in [3.8, 4) is 0 Å². The minimum absolute atomic E-state index is 0.101. The third-order valence-electron chi connectivity index (χ3n) is 12.5. The number of carbonyl (C=O) groups is 3. The maximum Gasteiger partial charge on any atom is 0.306 e. The molecule has 410 valence electrons. The minimum Gasteiger partial charge on any atom is -0.462 e. The van der Waals surface area contributed by atoms with Crippen molar-refractivity contribution in [1.29, 1.82) is 0 Å². The first-order valence-corrected chi connectivity index (χ1v) is 29.9. The third-order valence-corrected chi connectivity index (χ3v) is 12.5. The second-order valence-electron chi connectivity index (χ2n) is 19.5. The van der Waals surface area contributed by atoms with Gasteiger partial charge in [-0.15, -0.1) is 0 Å². The lowest BCUT2D eigenvalue weighted by Gasteiger charge is -2.18. The van der Waals surface area contributed by atoms with Crippen molar-refractivity contribution >= 4 is 17.9 Å². The molecule has 0 aliphatic heterocycles. The van der Waals surface area contributed by atoms with Gasteiger partial charge in [-0.3, -0.25) is 14.4 Å². The molecule has 0 amide bonds. The van der Waals surface area contributed by atoms with Gasteiger partial charge in [0.05, 0.1) is 0 Å². The first kappa shape index (κ1) is 68.1. The summed E-state index contributed by atoms with van der Waals surface area (Å²) in [7, 11) is 0. The molecule has 0 aliphatic rings. The first-order chi connectivity index (χ1) is 35.5. The van der Waals surface area contributed by atoms with Crippen LogP contribution in [0.2, 0.25) is 0 Å². The molecule has 0 heterocycles. The fraction of sp³-hybridized carbons (Fsp3) is 0.682. The topological polar surface area (TPSA) is 78.9 Å². The number of ether oxygens (including phenoxy) is 3. The van der Waals surface area contributed by atoms with E-state index in [-0.39, 0.29) is 37.5 Å². The molecule has 1 unspecified atom stereocenters. The van der Waals surface area contributed by atoms with Crippen LogP contribution in [0.4, 0.5) is 0 Å². The van der Waals surface area contributed by atoms with Gasteiger partial charge in [0.25, 0.3) is 0 Å². The van der Waals surface area contributed by atoms with Gasteiger partial charge in [0.15, 0.2) is 6.10 Å². The molecule has 0 N–H and O–H groups in total. The van der Waals surface area contributed by atoms with Gasteiger partial charge in [-0.05, 0) is 103 Å². The van der Waals surface area contributed by atoms with Crippen LogP contribution in [-0.2, 0) is 28.6 Å². The van der Waals surface area contributed by atoms with E-state index in [1.54, 1.807) is 0 Å². The highest BCUT2D eigenvalue weighted by Gasteiger charge is 2.19. The van der Waals surface area contributed by atoms with Crippen LogP contribution >= 0.6 is 0 Å². The Labute approximate surface area is 444 Å². The molecule has 1 atom stereocenters. The van der Waals surface area contributed by atoms with Crippen LogP contribution in [0.1, 0.15) is 271 Å². The summed E-state index contributed by atoms with van der Waals surface area (Å²) >= 11 is 0. The molecule has 0 saturated heterocycles. The second kappa shape index (κ2) is 59.6. The van der Waals surface area contributed by atoms with Gasteiger partial charge >= 0.3 is 17.9 Å². The Morgan fingerprint density at radius 3 is 0.917 bits per heavy atom. The van der Waals surface area contributed by atoms with Crippen molar-refractivity contribution in [3.63, 3.8) is 0 Å². The minimum atomic E-state index is -0.810. The number of carbonyl (C=O) groups excluding carboxylic acids is 3. The predicted octanol–water partition coefficient (Wildman–Crippen LogP) is 20.3. The first-order valence-electron chi connectivity index (χ1n) is 29.9. The van der Waals surface area contributed by atoms with E-state index in [0.717, 1.165) is 116 Å². The summed E-state index contributed by atoms with van der Waals surface area (Å²) in [4.78, 5) is 38.2. The summed E-state index contributed by atoms with van der Waals surface area (Å²) in [6.45, 7) is 6.46. The van der Waals surface area contributed by atoms with E-state index in [9.17, 15) is 14.4 Å². The van der Waals surface area contributed by atoms with Gasteiger partial charge in [0, 0.05) is 19.3 Å². The fourth-order valence-corrected chi connectivity index (χ4v) is 8.05. The maximum atomic E-state index is 12.9. The molecule has 0 radical (unpaired) electrons. The zero-order valence-electron chi connectivity index (χ0n) is 46.9. The van der Waals surface area contributed by atoms with Gasteiger partial charge in [-0.25, -0.2) is 0 Å². The van der Waals surface area contributed by atoms with E-state index < -0.39 is 6.10 Å². The van der Waals surface area contributed by atoms with Crippen LogP contribution < -0.4 is 0 Å². The standard InChI is InChI=1S/C66H110O6/c1-4-7-10-13-16-19-22-25-28-30-31-32-33-34-35-36-39-41-44-47-50-53-56-59-65(68)71-62-63(61-70-64(67)58-55-52-49-46-43-40-37-27-24-21-18-15-12-9-6-3)72-66(69)60-57-54-51-48-45-42-38-29-26-23-20-17-14-11-8-5-2/h7,10,16,19-20,23,25,28-29,31-32,34-35,38-39,41,47,50,63H,4-6,8-9,11-15,17-18,21-22,24,26-27,30,33,36-37,40,42-46,48-49,51-62H2,1-3H3/b10-7-,19-16-,23-20-,28-25-,32-31-,35-34-,38-29-,41-39-,50-47-. The smallest absolute Gasteiger partial charge is 0.306 e. The average molecular weight is 1000 g/mol. The lowest BCUT2D eigenvalue weighted by atomic mass is 10.0. The maximum absolute atomic E-state index is 12.9. The van der Waals surface area contributed by atoms with Crippen LogP contribution in [0.15, 0.2) is 109 Å². The highest BCUT2D eigenvalue weighted by atomic mass is 16.6. The zero-order valence-corrected chi connectivity index (χ0v) is 46.9. The van der Waals surface area contributed by atoms with E-state index in [1.165, 1.54) is 109 Å². The van der Waals surface area contributed by atoms with E-state index in [2.05, 4.69) is 130 Å². The number of esters is 3. The summed E-state index contributed by atoms with van der Waals surface area (Å²) < 4.78 is 16.8. The summed E-state index contributed by atoms with van der Waals surface area (Å²) in [6, 6.07) is 0. The predicted molar refractivity (Wildman–Crippen MR) is 311 cm³/mol. The van der Waals surface area contributed by atoms with Gasteiger partial charge in [0.1, 0.15) is 13.2 Å². The van der Waals surface area contributed by atoms with Gasteiger partial charge in [0.2, 0.25) is 0 Å². The molecule has 0 spiro atoms. The van der Waals surface area contributed by atoms with Crippen molar-refractivity contribution in [2.24, 2.45) is 0 Å². The van der Waals surface area contributed by atoms with Crippen LogP contribution in [-0.4, -0.2) is 37.2 Å². The quantitative estimate of drug-likeness (QED) is 0.0261. The number of hydrogen-bond acceptors (Lipinski definition) is 6. The summed E-state index contributed by atoms with van der Waals surface area (Å²) in [5.41, 5.74) is 0. The molecule has 6 nitrogen and oxygen atoms in total. The lowest BCUT2D eigenvalue weighted by Crippen LogP contribution is -2.30. The number of rotatable bonds is 53. The molecular weight excluding hydrogens is 889 g/mol. The number of allylic oxidation sites excluding steroid dienone is 18. The van der Waals surface area contributed by atoms with E-state index in [0.29, 0.717) is 19.3 Å². The zero-order chi connectivity index (χ0) is 52.2. The van der Waals surface area contributed by atoms with Crippen molar-refractivity contribution < 1.29 is 28.6 Å². The summed E-state index contributed by atoms with van der Waals surface area (Å²) in [5.74, 6) is -0.973. The largest absolute Gasteiger partial charge is 0.462 e. The van der Waals surface area contributed by atoms with Gasteiger partial charge in [-0.1, -0.05) is 259 Å². The normalized spacial score (nSPS) is 12.9. The summed E-state index contributed by atoms with van der Waals surface area (Å²) in [5, 5.41) is 0. The van der Waals surface area contributed by atoms with Crippen molar-refractivity contribution in [2.45, 2.75) is 277 Å². The molecular formula is C66H110O6. The molecule has 0 aliphatic carbocycles. The Morgan fingerprint density at radius 1 is 0.292 bits per heavy atom. The molecule has 0 rings (SSSR count). The van der Waals surface area contributed by atoms with Crippen LogP contribution in [0.5, 0.6) is 0 Å². The Morgan fingerprint density at radius 2 is 0.556 bits per heavy atom. The third kappa shape index (κ3) is 57.0. The van der Waals surface area contributed by atoms with Crippen LogP contribution in [0.3, 0.4) is 0 Å². The molecule has 0 saturated carbocycles. The van der Waals surface area contributed by atoms with Crippen molar-refractivity contribution in [1.82, 2.24) is 0 Å². The van der Waals surface area contributed by atoms with Crippen LogP contribution in [0.25, 0.3) is 0 Å². The second-order valence-corrected chi connectivity index (χ2v) is 19.5. The Kier molecular flexibility index (Phi) is 56.4. The molecule has 6 heteroatoms. The SMILES string of the molecule is CC/C=C\C/C=C\C/C=C\C/C=C\C/C=C\C/C=C\C/C=C\CCCC(=O)OCC(COC(=O)CCCCCCCCCCCCCCCCC)OC(=O)CCCCCCC/C=C\C/C=C\CCCCCC. The number of hydrogen-bond donors (Lipinski definition) is 0. The molecule has 0 aromatic heterocycles. The summed E-state index contributed by atoms with van der Waals surface area (Å²) in [6.07, 6.45) is 80.8. The van der Waals surface area contributed by atoms with E-state index >= 15 is 0 Å². The Hall–Kier alpha value is -3.93. The van der Waals surface area contributed by atoms with Gasteiger partial charge < -0.3 is 14.2 Å². The molecule has 0 fully saturated rings. The van der Waals surface area contributed by atoms with E-state index in [1.807, 2.05) is 0 Å². The molecule has 0 aromatic rings. The van der Waals surface area contributed by atoms with Crippen molar-refractivity contribution in [2.75, 3.05) is 13.2 Å². The Balaban J connectivity index is 4.49. The van der Waals surface area contributed by atoms with Crippen LogP contribution in [0, 0.1) is 0 Å². The molecule has 72 heavy (non-hydrogen) atoms. The molecule has 0 bridgehead atoms. The monoisotopic (exact) mass is 999 g/mol. The van der Waals surface area contributed by atoms with Gasteiger partial charge in [-0.2, -0.15) is 0 Å². The average Bonchev–Trinajstić information content (AvgIpc) is 3.38. The highest BCUT2D eigenvalue weighted by molar-refractivity contribution is 5.71.